The van der Waals surface area contributed by atoms with Crippen LogP contribution in [0.3, 0.4) is 0 Å². The van der Waals surface area contributed by atoms with Gasteiger partial charge in [0.1, 0.15) is 0 Å². The third-order valence-corrected chi connectivity index (χ3v) is 4.78. The van der Waals surface area contributed by atoms with Crippen LogP contribution < -0.4 is 4.90 Å². The predicted molar refractivity (Wildman–Crippen MR) is 85.9 cm³/mol. The first-order chi connectivity index (χ1) is 10.6. The number of aryl methyl sites for hydroxylation is 1. The number of benzene rings is 1. The van der Waals surface area contributed by atoms with Crippen LogP contribution in [0, 0.1) is 17.0 Å². The summed E-state index contributed by atoms with van der Waals surface area (Å²) < 4.78 is 5.40. The van der Waals surface area contributed by atoms with Crippen molar-refractivity contribution in [3.8, 4) is 0 Å². The van der Waals surface area contributed by atoms with E-state index in [0.717, 1.165) is 57.1 Å². The van der Waals surface area contributed by atoms with Gasteiger partial charge in [-0.25, -0.2) is 0 Å². The Morgan fingerprint density at radius 2 is 2.05 bits per heavy atom. The van der Waals surface area contributed by atoms with E-state index in [1.165, 1.54) is 6.07 Å². The summed E-state index contributed by atoms with van der Waals surface area (Å²) >= 11 is 6.31. The molecule has 1 aromatic carbocycles. The molecule has 0 N–H and O–H groups in total. The lowest BCUT2D eigenvalue weighted by Crippen LogP contribution is -2.44. The molecule has 0 aromatic heterocycles. The fraction of sp³-hybridized carbons (Fsp3) is 0.600. The molecule has 1 atom stereocenters. The monoisotopic (exact) mass is 325 g/mol. The molecule has 0 spiro atoms. The molecule has 22 heavy (non-hydrogen) atoms. The van der Waals surface area contributed by atoms with Crippen LogP contribution in [-0.2, 0) is 4.74 Å². The Bertz CT molecular complexity index is 552. The largest absolute Gasteiger partial charge is 0.379 e. The molecule has 0 saturated carbocycles. The van der Waals surface area contributed by atoms with Gasteiger partial charge < -0.3 is 9.64 Å². The van der Waals surface area contributed by atoms with E-state index in [2.05, 4.69) is 9.80 Å². The lowest BCUT2D eigenvalue weighted by atomic mass is 10.1. The maximum atomic E-state index is 10.9. The normalized spacial score (nSPS) is 23.0. The average molecular weight is 326 g/mol. The second-order valence-corrected chi connectivity index (χ2v) is 6.29. The number of ether oxygens (including phenoxy) is 1. The number of morpholine rings is 1. The van der Waals surface area contributed by atoms with Crippen LogP contribution in [0.2, 0.25) is 5.02 Å². The number of nitro benzene ring substituents is 1. The fourth-order valence-corrected chi connectivity index (χ4v) is 3.79. The molecule has 2 aliphatic rings. The van der Waals surface area contributed by atoms with Crippen molar-refractivity contribution in [1.82, 2.24) is 4.90 Å². The van der Waals surface area contributed by atoms with Crippen LogP contribution in [0.1, 0.15) is 12.0 Å². The fourth-order valence-electron chi connectivity index (χ4n) is 3.41. The number of hydrogen-bond donors (Lipinski definition) is 0. The van der Waals surface area contributed by atoms with Gasteiger partial charge in [-0.1, -0.05) is 11.6 Å². The van der Waals surface area contributed by atoms with Crippen LogP contribution in [0.4, 0.5) is 11.4 Å². The highest BCUT2D eigenvalue weighted by Gasteiger charge is 2.30. The summed E-state index contributed by atoms with van der Waals surface area (Å²) in [6.07, 6.45) is 1.09. The summed E-state index contributed by atoms with van der Waals surface area (Å²) in [5, 5.41) is 11.4. The van der Waals surface area contributed by atoms with Gasteiger partial charge in [-0.05, 0) is 18.9 Å². The SMILES string of the molecule is Cc1cc([N+](=O)[O-])cc(Cl)c1N1CCC(N2CCOCC2)C1. The van der Waals surface area contributed by atoms with Crippen molar-refractivity contribution in [3.05, 3.63) is 32.8 Å². The highest BCUT2D eigenvalue weighted by Crippen LogP contribution is 2.36. The van der Waals surface area contributed by atoms with Gasteiger partial charge in [0, 0.05) is 44.4 Å². The Morgan fingerprint density at radius 3 is 2.68 bits per heavy atom. The topological polar surface area (TPSA) is 58.9 Å². The standard InChI is InChI=1S/C15H20ClN3O3/c1-11-8-13(19(20)21)9-14(16)15(11)18-3-2-12(10-18)17-4-6-22-7-5-17/h8-9,12H,2-7,10H2,1H3. The van der Waals surface area contributed by atoms with E-state index < -0.39 is 4.92 Å². The minimum Gasteiger partial charge on any atom is -0.379 e. The Balaban J connectivity index is 1.76. The minimum absolute atomic E-state index is 0.0511. The molecule has 2 aliphatic heterocycles. The maximum Gasteiger partial charge on any atom is 0.271 e. The van der Waals surface area contributed by atoms with E-state index in [0.29, 0.717) is 11.1 Å². The smallest absolute Gasteiger partial charge is 0.271 e. The zero-order chi connectivity index (χ0) is 15.7. The van der Waals surface area contributed by atoms with Crippen LogP contribution >= 0.6 is 11.6 Å². The lowest BCUT2D eigenvalue weighted by molar-refractivity contribution is -0.384. The zero-order valence-electron chi connectivity index (χ0n) is 12.6. The van der Waals surface area contributed by atoms with Gasteiger partial charge >= 0.3 is 0 Å². The van der Waals surface area contributed by atoms with Gasteiger partial charge in [-0.15, -0.1) is 0 Å². The number of non-ortho nitro benzene ring substituents is 1. The molecule has 6 nitrogen and oxygen atoms in total. The van der Waals surface area contributed by atoms with E-state index in [4.69, 9.17) is 16.3 Å². The Labute approximate surface area is 134 Å². The molecule has 2 saturated heterocycles. The van der Waals surface area contributed by atoms with Crippen LogP contribution in [-0.4, -0.2) is 55.3 Å². The molecule has 0 bridgehead atoms. The van der Waals surface area contributed by atoms with Gasteiger partial charge in [0.2, 0.25) is 0 Å². The first-order valence-corrected chi connectivity index (χ1v) is 7.95. The molecule has 0 aliphatic carbocycles. The number of nitro groups is 1. The Hall–Kier alpha value is -1.37. The van der Waals surface area contributed by atoms with Crippen LogP contribution in [0.5, 0.6) is 0 Å². The van der Waals surface area contributed by atoms with Gasteiger partial charge in [0.05, 0.1) is 28.8 Å². The summed E-state index contributed by atoms with van der Waals surface area (Å²) in [5.74, 6) is 0. The van der Waals surface area contributed by atoms with Crippen molar-refractivity contribution in [1.29, 1.82) is 0 Å². The summed E-state index contributed by atoms with van der Waals surface area (Å²) in [6, 6.07) is 3.56. The molecule has 0 amide bonds. The van der Waals surface area contributed by atoms with Gasteiger partial charge in [0.15, 0.2) is 0 Å². The quantitative estimate of drug-likeness (QED) is 0.631. The summed E-state index contributed by atoms with van der Waals surface area (Å²) in [5.41, 5.74) is 1.85. The van der Waals surface area contributed by atoms with E-state index >= 15 is 0 Å². The minimum atomic E-state index is -0.400. The summed E-state index contributed by atoms with van der Waals surface area (Å²) in [4.78, 5) is 15.2. The molecule has 1 unspecified atom stereocenters. The van der Waals surface area contributed by atoms with Crippen molar-refractivity contribution >= 4 is 23.0 Å². The Kier molecular flexibility index (Phi) is 4.52. The summed E-state index contributed by atoms with van der Waals surface area (Å²) in [7, 11) is 0. The maximum absolute atomic E-state index is 10.9. The Morgan fingerprint density at radius 1 is 1.32 bits per heavy atom. The zero-order valence-corrected chi connectivity index (χ0v) is 13.4. The van der Waals surface area contributed by atoms with Crippen molar-refractivity contribution in [2.45, 2.75) is 19.4 Å². The first-order valence-electron chi connectivity index (χ1n) is 7.57. The third-order valence-electron chi connectivity index (χ3n) is 4.49. The number of hydrogen-bond acceptors (Lipinski definition) is 5. The van der Waals surface area contributed by atoms with Crippen molar-refractivity contribution in [2.24, 2.45) is 0 Å². The molecular formula is C15H20ClN3O3. The highest BCUT2D eigenvalue weighted by molar-refractivity contribution is 6.33. The summed E-state index contributed by atoms with van der Waals surface area (Å²) in [6.45, 7) is 7.29. The second kappa shape index (κ2) is 6.40. The number of rotatable bonds is 3. The van der Waals surface area contributed by atoms with Gasteiger partial charge in [-0.2, -0.15) is 0 Å². The molecule has 3 rings (SSSR count). The van der Waals surface area contributed by atoms with Crippen LogP contribution in [0.25, 0.3) is 0 Å². The molecule has 1 aromatic rings. The van der Waals surface area contributed by atoms with E-state index in [9.17, 15) is 10.1 Å². The highest BCUT2D eigenvalue weighted by atomic mass is 35.5. The predicted octanol–water partition coefficient (Wildman–Crippen LogP) is 2.47. The second-order valence-electron chi connectivity index (χ2n) is 5.89. The molecular weight excluding hydrogens is 306 g/mol. The van der Waals surface area contributed by atoms with Crippen molar-refractivity contribution in [2.75, 3.05) is 44.3 Å². The van der Waals surface area contributed by atoms with Crippen LogP contribution in [0.15, 0.2) is 12.1 Å². The molecule has 2 fully saturated rings. The van der Waals surface area contributed by atoms with Crippen molar-refractivity contribution < 1.29 is 9.66 Å². The molecule has 120 valence electrons. The lowest BCUT2D eigenvalue weighted by Gasteiger charge is -2.32. The van der Waals surface area contributed by atoms with E-state index in [1.807, 2.05) is 6.92 Å². The van der Waals surface area contributed by atoms with E-state index in [-0.39, 0.29) is 5.69 Å². The van der Waals surface area contributed by atoms with Gasteiger partial charge in [0.25, 0.3) is 5.69 Å². The number of anilines is 1. The van der Waals surface area contributed by atoms with Crippen molar-refractivity contribution in [3.63, 3.8) is 0 Å². The van der Waals surface area contributed by atoms with Gasteiger partial charge in [-0.3, -0.25) is 15.0 Å². The molecule has 2 heterocycles. The first kappa shape index (κ1) is 15.5. The molecule has 0 radical (unpaired) electrons. The number of nitrogens with zero attached hydrogens (tertiary/aromatic N) is 3. The molecule has 7 heteroatoms. The van der Waals surface area contributed by atoms with E-state index in [1.54, 1.807) is 6.07 Å². The average Bonchev–Trinajstić information content (AvgIpc) is 2.97. The third kappa shape index (κ3) is 3.04. The number of halogens is 1.